The Morgan fingerprint density at radius 1 is 1.43 bits per heavy atom. The van der Waals surface area contributed by atoms with Crippen LogP contribution in [0, 0.1) is 0 Å². The molecular formula is C16H23ClN2O2. The summed E-state index contributed by atoms with van der Waals surface area (Å²) in [5.41, 5.74) is 0.359. The highest BCUT2D eigenvalue weighted by Crippen LogP contribution is 2.26. The molecule has 1 amide bonds. The van der Waals surface area contributed by atoms with Crippen LogP contribution in [0.25, 0.3) is 0 Å². The third kappa shape index (κ3) is 3.76. The Kier molecular flexibility index (Phi) is 5.62. The Balaban J connectivity index is 2.14. The second-order valence-corrected chi connectivity index (χ2v) is 5.83. The van der Waals surface area contributed by atoms with Crippen LogP contribution in [-0.4, -0.2) is 43.2 Å². The van der Waals surface area contributed by atoms with Crippen LogP contribution >= 0.6 is 11.6 Å². The third-order valence-electron chi connectivity index (χ3n) is 4.12. The number of benzene rings is 1. The summed E-state index contributed by atoms with van der Waals surface area (Å²) in [6.07, 6.45) is 1.43. The minimum absolute atomic E-state index is 0.0778. The highest BCUT2D eigenvalue weighted by molar-refractivity contribution is 6.30. The Morgan fingerprint density at radius 3 is 2.71 bits per heavy atom. The molecule has 2 rings (SSSR count). The monoisotopic (exact) mass is 310 g/mol. The molecule has 1 saturated heterocycles. The quantitative estimate of drug-likeness (QED) is 0.908. The van der Waals surface area contributed by atoms with Crippen LogP contribution in [0.2, 0.25) is 5.02 Å². The third-order valence-corrected chi connectivity index (χ3v) is 4.36. The number of carbonyl (C=O) groups is 1. The normalized spacial score (nSPS) is 17.5. The number of halogens is 1. The smallest absolute Gasteiger partial charge is 0.255 e. The lowest BCUT2D eigenvalue weighted by Gasteiger charge is -2.38. The van der Waals surface area contributed by atoms with E-state index < -0.39 is 5.60 Å². The van der Waals surface area contributed by atoms with E-state index in [0.29, 0.717) is 31.0 Å². The van der Waals surface area contributed by atoms with E-state index in [1.165, 1.54) is 0 Å². The topological polar surface area (TPSA) is 41.6 Å². The molecule has 1 aromatic carbocycles. The van der Waals surface area contributed by atoms with Gasteiger partial charge in [0.25, 0.3) is 5.91 Å². The van der Waals surface area contributed by atoms with E-state index in [2.05, 4.69) is 5.32 Å². The molecule has 5 heteroatoms. The molecule has 1 N–H and O–H groups in total. The number of likely N-dealkylation sites (N-methyl/N-ethyl adjacent to an activating group) is 1. The van der Waals surface area contributed by atoms with Crippen LogP contribution in [0.3, 0.4) is 0 Å². The summed E-state index contributed by atoms with van der Waals surface area (Å²) in [4.78, 5) is 14.8. The van der Waals surface area contributed by atoms with Crippen molar-refractivity contribution in [2.75, 3.05) is 26.7 Å². The fourth-order valence-corrected chi connectivity index (χ4v) is 3.02. The van der Waals surface area contributed by atoms with Crippen molar-refractivity contribution >= 4 is 17.5 Å². The van der Waals surface area contributed by atoms with Crippen molar-refractivity contribution in [1.29, 1.82) is 0 Å². The Bertz CT molecular complexity index is 487. The zero-order valence-corrected chi connectivity index (χ0v) is 13.4. The Morgan fingerprint density at radius 2 is 2.14 bits per heavy atom. The molecule has 0 aliphatic carbocycles. The highest BCUT2D eigenvalue weighted by atomic mass is 35.5. The summed E-state index contributed by atoms with van der Waals surface area (Å²) >= 11 is 6.02. The fraction of sp³-hybridized carbons (Fsp3) is 0.562. The van der Waals surface area contributed by atoms with Crippen molar-refractivity contribution in [2.24, 2.45) is 0 Å². The van der Waals surface area contributed by atoms with Crippen molar-refractivity contribution in [3.05, 3.63) is 34.9 Å². The van der Waals surface area contributed by atoms with Crippen molar-refractivity contribution < 1.29 is 9.53 Å². The molecule has 1 aliphatic heterocycles. The van der Waals surface area contributed by atoms with Crippen LogP contribution in [0.15, 0.2) is 24.3 Å². The summed E-state index contributed by atoms with van der Waals surface area (Å²) in [5.74, 6) is 0.0778. The molecule has 0 radical (unpaired) electrons. The largest absolute Gasteiger partial charge is 0.368 e. The number of nitrogens with zero attached hydrogens (tertiary/aromatic N) is 1. The molecule has 0 bridgehead atoms. The second kappa shape index (κ2) is 7.25. The lowest BCUT2D eigenvalue weighted by molar-refractivity contribution is -0.158. The molecule has 1 aliphatic rings. The molecule has 0 aromatic heterocycles. The summed E-state index contributed by atoms with van der Waals surface area (Å²) in [6.45, 7) is 4.84. The molecule has 4 nitrogen and oxygen atoms in total. The van der Waals surface area contributed by atoms with Gasteiger partial charge in [-0.05, 0) is 50.6 Å². The molecule has 0 saturated carbocycles. The zero-order chi connectivity index (χ0) is 15.3. The fourth-order valence-electron chi connectivity index (χ4n) is 2.81. The number of nitrogens with one attached hydrogen (secondary N) is 1. The van der Waals surface area contributed by atoms with Crippen molar-refractivity contribution in [2.45, 2.75) is 31.9 Å². The van der Waals surface area contributed by atoms with Crippen LogP contribution in [0.5, 0.6) is 0 Å². The predicted octanol–water partition coefficient (Wildman–Crippen LogP) is 2.46. The average molecular weight is 311 g/mol. The zero-order valence-electron chi connectivity index (χ0n) is 12.7. The van der Waals surface area contributed by atoms with Gasteiger partial charge in [0, 0.05) is 25.2 Å². The number of ether oxygens (including phenoxy) is 1. The van der Waals surface area contributed by atoms with E-state index in [1.54, 1.807) is 7.11 Å². The molecule has 1 heterocycles. The first-order valence-corrected chi connectivity index (χ1v) is 7.79. The predicted molar refractivity (Wildman–Crippen MR) is 84.4 cm³/mol. The maximum absolute atomic E-state index is 12.9. The summed E-state index contributed by atoms with van der Waals surface area (Å²) in [7, 11) is 1.64. The Hall–Kier alpha value is -1.10. The number of piperidine rings is 1. The summed E-state index contributed by atoms with van der Waals surface area (Å²) < 4.78 is 5.63. The Labute approximate surface area is 131 Å². The average Bonchev–Trinajstić information content (AvgIpc) is 2.52. The van der Waals surface area contributed by atoms with E-state index in [1.807, 2.05) is 36.1 Å². The number of methoxy groups -OCH3 is 1. The van der Waals surface area contributed by atoms with E-state index in [4.69, 9.17) is 16.3 Å². The molecule has 116 valence electrons. The van der Waals surface area contributed by atoms with E-state index in [-0.39, 0.29) is 5.91 Å². The van der Waals surface area contributed by atoms with E-state index in [0.717, 1.165) is 18.7 Å². The van der Waals surface area contributed by atoms with Gasteiger partial charge in [0.15, 0.2) is 0 Å². The summed E-state index contributed by atoms with van der Waals surface area (Å²) in [5, 5.41) is 3.97. The number of amides is 1. The minimum Gasteiger partial charge on any atom is -0.368 e. The minimum atomic E-state index is -0.681. The van der Waals surface area contributed by atoms with Gasteiger partial charge < -0.3 is 15.0 Å². The number of hydrogen-bond acceptors (Lipinski definition) is 3. The standard InChI is InChI=1S/C16H23ClN2O2/c1-3-19(12-13-5-4-6-14(17)11-13)15(20)16(21-2)7-9-18-10-8-16/h4-6,11,18H,3,7-10,12H2,1-2H3. The molecule has 0 unspecified atom stereocenters. The molecule has 21 heavy (non-hydrogen) atoms. The molecule has 0 atom stereocenters. The van der Waals surface area contributed by atoms with Crippen molar-refractivity contribution in [3.63, 3.8) is 0 Å². The van der Waals surface area contributed by atoms with E-state index >= 15 is 0 Å². The highest BCUT2D eigenvalue weighted by Gasteiger charge is 2.41. The second-order valence-electron chi connectivity index (χ2n) is 5.40. The van der Waals surface area contributed by atoms with Gasteiger partial charge >= 0.3 is 0 Å². The van der Waals surface area contributed by atoms with Gasteiger partial charge in [-0.25, -0.2) is 0 Å². The molecule has 0 spiro atoms. The van der Waals surface area contributed by atoms with Gasteiger partial charge in [0.1, 0.15) is 5.60 Å². The van der Waals surface area contributed by atoms with Crippen molar-refractivity contribution in [3.8, 4) is 0 Å². The number of rotatable bonds is 5. The van der Waals surface area contributed by atoms with Crippen LogP contribution in [0.4, 0.5) is 0 Å². The molecule has 1 fully saturated rings. The summed E-state index contributed by atoms with van der Waals surface area (Å²) in [6, 6.07) is 7.64. The van der Waals surface area contributed by atoms with Gasteiger partial charge in [-0.3, -0.25) is 4.79 Å². The lowest BCUT2D eigenvalue weighted by Crippen LogP contribution is -2.55. The molecular weight excluding hydrogens is 288 g/mol. The van der Waals surface area contributed by atoms with Crippen LogP contribution < -0.4 is 5.32 Å². The van der Waals surface area contributed by atoms with Crippen LogP contribution in [0.1, 0.15) is 25.3 Å². The van der Waals surface area contributed by atoms with Crippen LogP contribution in [-0.2, 0) is 16.1 Å². The van der Waals surface area contributed by atoms with Gasteiger partial charge in [0.05, 0.1) is 0 Å². The number of hydrogen-bond donors (Lipinski definition) is 1. The SMILES string of the molecule is CCN(Cc1cccc(Cl)c1)C(=O)C1(OC)CCNCC1. The molecule has 1 aromatic rings. The van der Waals surface area contributed by atoms with Gasteiger partial charge in [-0.1, -0.05) is 23.7 Å². The van der Waals surface area contributed by atoms with Gasteiger partial charge in [-0.15, -0.1) is 0 Å². The maximum Gasteiger partial charge on any atom is 0.255 e. The maximum atomic E-state index is 12.9. The van der Waals surface area contributed by atoms with E-state index in [9.17, 15) is 4.79 Å². The first-order valence-electron chi connectivity index (χ1n) is 7.41. The van der Waals surface area contributed by atoms with Gasteiger partial charge in [0.2, 0.25) is 0 Å². The van der Waals surface area contributed by atoms with Crippen molar-refractivity contribution in [1.82, 2.24) is 10.2 Å². The van der Waals surface area contributed by atoms with Gasteiger partial charge in [-0.2, -0.15) is 0 Å². The first-order chi connectivity index (χ1) is 10.1. The number of carbonyl (C=O) groups excluding carboxylic acids is 1. The first kappa shape index (κ1) is 16.3. The lowest BCUT2D eigenvalue weighted by atomic mass is 9.90.